The molecule has 0 saturated carbocycles. The number of aromatic nitrogens is 2. The van der Waals surface area contributed by atoms with Crippen LogP contribution in [0.25, 0.3) is 0 Å². The van der Waals surface area contributed by atoms with E-state index in [0.29, 0.717) is 12.0 Å². The first-order valence-corrected chi connectivity index (χ1v) is 6.67. The predicted octanol–water partition coefficient (Wildman–Crippen LogP) is 2.44. The van der Waals surface area contributed by atoms with Crippen molar-refractivity contribution in [3.8, 4) is 0 Å². The van der Waals surface area contributed by atoms with Crippen LogP contribution in [0.2, 0.25) is 0 Å². The Labute approximate surface area is 101 Å². The van der Waals surface area contributed by atoms with Gasteiger partial charge in [-0.2, -0.15) is 5.10 Å². The first kappa shape index (κ1) is 11.5. The molecule has 1 N–H and O–H groups in total. The normalized spacial score (nSPS) is 20.2. The smallest absolute Gasteiger partial charge is 0.161 e. The van der Waals surface area contributed by atoms with Crippen molar-refractivity contribution in [1.29, 1.82) is 0 Å². The second-order valence-corrected chi connectivity index (χ2v) is 5.28. The molecule has 1 aromatic rings. The summed E-state index contributed by atoms with van der Waals surface area (Å²) in [5.74, 6) is 1.70. The molecular weight excluding hydrogens is 220 g/mol. The Morgan fingerprint density at radius 3 is 3.00 bits per heavy atom. The molecule has 1 unspecified atom stereocenters. The van der Waals surface area contributed by atoms with Gasteiger partial charge in [0.05, 0.1) is 17.9 Å². The summed E-state index contributed by atoms with van der Waals surface area (Å²) in [5.41, 5.74) is 1.03. The fourth-order valence-corrected chi connectivity index (χ4v) is 2.71. The fourth-order valence-electron chi connectivity index (χ4n) is 1.52. The lowest BCUT2D eigenvalue weighted by Gasteiger charge is -2.07. The summed E-state index contributed by atoms with van der Waals surface area (Å²) in [7, 11) is 0. The van der Waals surface area contributed by atoms with Crippen LogP contribution in [0.15, 0.2) is 17.4 Å². The summed E-state index contributed by atoms with van der Waals surface area (Å²) in [4.78, 5) is 4.65. The third-order valence-electron chi connectivity index (χ3n) is 2.65. The topological polar surface area (TPSA) is 42.2 Å². The van der Waals surface area contributed by atoms with Gasteiger partial charge in [-0.05, 0) is 12.8 Å². The molecule has 16 heavy (non-hydrogen) atoms. The van der Waals surface area contributed by atoms with E-state index >= 15 is 0 Å². The number of aryl methyl sites for hydroxylation is 1. The highest BCUT2D eigenvalue weighted by Gasteiger charge is 2.21. The minimum absolute atomic E-state index is 0.453. The van der Waals surface area contributed by atoms with E-state index in [1.165, 1.54) is 0 Å². The van der Waals surface area contributed by atoms with Crippen LogP contribution in [-0.2, 0) is 6.54 Å². The monoisotopic (exact) mass is 238 g/mol. The lowest BCUT2D eigenvalue weighted by molar-refractivity contribution is 0.543. The summed E-state index contributed by atoms with van der Waals surface area (Å²) in [6, 6.07) is 0.453. The van der Waals surface area contributed by atoms with E-state index < -0.39 is 0 Å². The third-order valence-corrected chi connectivity index (χ3v) is 3.64. The second-order valence-electron chi connectivity index (χ2n) is 4.27. The van der Waals surface area contributed by atoms with E-state index in [-0.39, 0.29) is 0 Å². The standard InChI is InChI=1S/C11H18N4S/c1-4-15-6-9(5-12-15)13-11-14-10(7-16-11)8(2)3/h5-6,8,10H,4,7H2,1-3H3,(H,13,14). The SMILES string of the molecule is CCn1cc(NC2=NC(C(C)C)CS2)cn1. The summed E-state index contributed by atoms with van der Waals surface area (Å²) in [5, 5.41) is 8.55. The largest absolute Gasteiger partial charge is 0.332 e. The summed E-state index contributed by atoms with van der Waals surface area (Å²) in [6.07, 6.45) is 3.85. The molecular formula is C11H18N4S. The average molecular weight is 238 g/mol. The molecule has 2 heterocycles. The van der Waals surface area contributed by atoms with Crippen LogP contribution in [0.4, 0.5) is 5.69 Å². The number of hydrogen-bond donors (Lipinski definition) is 1. The van der Waals surface area contributed by atoms with Crippen LogP contribution in [0, 0.1) is 5.92 Å². The van der Waals surface area contributed by atoms with Gasteiger partial charge in [0.2, 0.25) is 0 Å². The zero-order valence-corrected chi connectivity index (χ0v) is 10.8. The third kappa shape index (κ3) is 2.58. The molecule has 4 nitrogen and oxygen atoms in total. The van der Waals surface area contributed by atoms with Crippen molar-refractivity contribution in [1.82, 2.24) is 9.78 Å². The van der Waals surface area contributed by atoms with Gasteiger partial charge in [-0.25, -0.2) is 0 Å². The number of aliphatic imine (C=N–C) groups is 1. The zero-order chi connectivity index (χ0) is 11.5. The van der Waals surface area contributed by atoms with Crippen LogP contribution >= 0.6 is 11.8 Å². The quantitative estimate of drug-likeness (QED) is 0.879. The van der Waals surface area contributed by atoms with E-state index in [2.05, 4.69) is 36.2 Å². The molecule has 0 saturated heterocycles. The number of rotatable bonds is 3. The zero-order valence-electron chi connectivity index (χ0n) is 9.97. The number of hydrogen-bond acceptors (Lipinski definition) is 4. The van der Waals surface area contributed by atoms with Gasteiger partial charge in [0.25, 0.3) is 0 Å². The fraction of sp³-hybridized carbons (Fsp3) is 0.636. The molecule has 2 rings (SSSR count). The molecule has 1 aliphatic heterocycles. The summed E-state index contributed by atoms with van der Waals surface area (Å²) in [6.45, 7) is 7.41. The molecule has 1 atom stereocenters. The Morgan fingerprint density at radius 2 is 2.44 bits per heavy atom. The lowest BCUT2D eigenvalue weighted by Crippen LogP contribution is -2.12. The van der Waals surface area contributed by atoms with Gasteiger partial charge >= 0.3 is 0 Å². The van der Waals surface area contributed by atoms with E-state index in [9.17, 15) is 0 Å². The van der Waals surface area contributed by atoms with E-state index in [0.717, 1.165) is 23.2 Å². The van der Waals surface area contributed by atoms with Crippen molar-refractivity contribution in [2.75, 3.05) is 11.1 Å². The van der Waals surface area contributed by atoms with E-state index in [1.54, 1.807) is 11.8 Å². The highest BCUT2D eigenvalue weighted by atomic mass is 32.2. The van der Waals surface area contributed by atoms with E-state index in [4.69, 9.17) is 0 Å². The van der Waals surface area contributed by atoms with Crippen LogP contribution in [0.3, 0.4) is 0 Å². The molecule has 0 fully saturated rings. The summed E-state index contributed by atoms with van der Waals surface area (Å²) < 4.78 is 1.91. The van der Waals surface area contributed by atoms with Gasteiger partial charge in [0.1, 0.15) is 0 Å². The molecule has 0 amide bonds. The maximum Gasteiger partial charge on any atom is 0.161 e. The maximum absolute atomic E-state index is 4.65. The van der Waals surface area contributed by atoms with Crippen molar-refractivity contribution in [3.05, 3.63) is 12.4 Å². The summed E-state index contributed by atoms with van der Waals surface area (Å²) >= 11 is 1.79. The molecule has 0 aliphatic carbocycles. The molecule has 1 aromatic heterocycles. The second kappa shape index (κ2) is 4.91. The Morgan fingerprint density at radius 1 is 1.62 bits per heavy atom. The predicted molar refractivity (Wildman–Crippen MR) is 70.0 cm³/mol. The van der Waals surface area contributed by atoms with E-state index in [1.807, 2.05) is 17.1 Å². The molecule has 5 heteroatoms. The minimum Gasteiger partial charge on any atom is -0.332 e. The van der Waals surface area contributed by atoms with Gasteiger partial charge in [-0.3, -0.25) is 9.67 Å². The van der Waals surface area contributed by atoms with Crippen LogP contribution in [-0.4, -0.2) is 26.7 Å². The first-order valence-electron chi connectivity index (χ1n) is 5.69. The van der Waals surface area contributed by atoms with Gasteiger partial charge in [-0.1, -0.05) is 25.6 Å². The molecule has 88 valence electrons. The van der Waals surface area contributed by atoms with Gasteiger partial charge in [0.15, 0.2) is 5.17 Å². The minimum atomic E-state index is 0.453. The van der Waals surface area contributed by atoms with Crippen LogP contribution in [0.1, 0.15) is 20.8 Å². The van der Waals surface area contributed by atoms with Crippen molar-refractivity contribution >= 4 is 22.6 Å². The molecule has 0 bridgehead atoms. The van der Waals surface area contributed by atoms with Crippen molar-refractivity contribution in [3.63, 3.8) is 0 Å². The maximum atomic E-state index is 4.65. The Balaban J connectivity index is 1.98. The highest BCUT2D eigenvalue weighted by molar-refractivity contribution is 8.14. The Kier molecular flexibility index (Phi) is 3.53. The number of anilines is 1. The van der Waals surface area contributed by atoms with Gasteiger partial charge in [0, 0.05) is 18.5 Å². The molecule has 0 aromatic carbocycles. The molecule has 0 spiro atoms. The number of thioether (sulfide) groups is 1. The van der Waals surface area contributed by atoms with Gasteiger partial charge in [-0.15, -0.1) is 0 Å². The molecule has 0 radical (unpaired) electrons. The first-order chi connectivity index (χ1) is 7.69. The highest BCUT2D eigenvalue weighted by Crippen LogP contribution is 2.24. The van der Waals surface area contributed by atoms with Gasteiger partial charge < -0.3 is 5.32 Å². The van der Waals surface area contributed by atoms with Crippen molar-refractivity contribution in [2.45, 2.75) is 33.4 Å². The van der Waals surface area contributed by atoms with Crippen LogP contribution < -0.4 is 5.32 Å². The van der Waals surface area contributed by atoms with Crippen molar-refractivity contribution < 1.29 is 0 Å². The Hall–Kier alpha value is -0.970. The number of nitrogens with zero attached hydrogens (tertiary/aromatic N) is 3. The van der Waals surface area contributed by atoms with Crippen LogP contribution in [0.5, 0.6) is 0 Å². The lowest BCUT2D eigenvalue weighted by atomic mass is 10.1. The van der Waals surface area contributed by atoms with Crippen molar-refractivity contribution in [2.24, 2.45) is 10.9 Å². The number of nitrogens with one attached hydrogen (secondary N) is 1. The molecule has 1 aliphatic rings. The Bertz CT molecular complexity index is 383. The number of amidine groups is 1. The average Bonchev–Trinajstić information content (AvgIpc) is 2.87.